The normalized spacial score (nSPS) is 12.8. The number of carbonyl (C=O) groups excluding carboxylic acids is 3. The van der Waals surface area contributed by atoms with Crippen LogP contribution in [0.1, 0.15) is 342 Å². The zero-order valence-electron chi connectivity index (χ0n) is 54.7. The summed E-state index contributed by atoms with van der Waals surface area (Å²) in [4.78, 5) is 38.3. The monoisotopic (exact) mass is 1150 g/mol. The Kier molecular flexibility index (Phi) is 67.2. The van der Waals surface area contributed by atoms with Gasteiger partial charge >= 0.3 is 17.9 Å². The van der Waals surface area contributed by atoms with Crippen molar-refractivity contribution in [1.82, 2.24) is 0 Å². The molecule has 0 aliphatic heterocycles. The summed E-state index contributed by atoms with van der Waals surface area (Å²) in [7, 11) is 0. The molecular formula is C77H132O6. The van der Waals surface area contributed by atoms with Crippen molar-refractivity contribution in [2.45, 2.75) is 348 Å². The fourth-order valence-corrected chi connectivity index (χ4v) is 10.1. The van der Waals surface area contributed by atoms with Crippen molar-refractivity contribution in [3.05, 3.63) is 109 Å². The van der Waals surface area contributed by atoms with Crippen LogP contribution in [0.4, 0.5) is 0 Å². The topological polar surface area (TPSA) is 78.9 Å². The van der Waals surface area contributed by atoms with E-state index in [9.17, 15) is 14.4 Å². The molecule has 476 valence electrons. The number of hydrogen-bond acceptors (Lipinski definition) is 6. The Morgan fingerprint density at radius 1 is 0.253 bits per heavy atom. The zero-order valence-corrected chi connectivity index (χ0v) is 54.7. The number of hydrogen-bond donors (Lipinski definition) is 0. The van der Waals surface area contributed by atoms with Crippen LogP contribution in [0.2, 0.25) is 0 Å². The molecule has 0 bridgehead atoms. The number of allylic oxidation sites excluding steroid dienone is 18. The largest absolute Gasteiger partial charge is 0.462 e. The smallest absolute Gasteiger partial charge is 0.306 e. The number of esters is 3. The summed E-state index contributed by atoms with van der Waals surface area (Å²) >= 11 is 0. The molecule has 0 amide bonds. The van der Waals surface area contributed by atoms with E-state index >= 15 is 0 Å². The van der Waals surface area contributed by atoms with Gasteiger partial charge in [0.25, 0.3) is 0 Å². The second-order valence-electron chi connectivity index (χ2n) is 23.4. The van der Waals surface area contributed by atoms with Gasteiger partial charge in [-0.05, 0) is 103 Å². The molecule has 0 N–H and O–H groups in total. The predicted molar refractivity (Wildman–Crippen MR) is 362 cm³/mol. The molecule has 0 saturated carbocycles. The molecule has 0 saturated heterocycles. The van der Waals surface area contributed by atoms with Crippen molar-refractivity contribution >= 4 is 17.9 Å². The lowest BCUT2D eigenvalue weighted by atomic mass is 10.0. The molecule has 0 heterocycles. The second kappa shape index (κ2) is 70.6. The van der Waals surface area contributed by atoms with Crippen LogP contribution in [-0.2, 0) is 28.6 Å². The van der Waals surface area contributed by atoms with Gasteiger partial charge in [-0.3, -0.25) is 14.4 Å². The minimum absolute atomic E-state index is 0.0768. The summed E-state index contributed by atoms with van der Waals surface area (Å²) < 4.78 is 16.9. The molecule has 1 unspecified atom stereocenters. The van der Waals surface area contributed by atoms with Gasteiger partial charge in [0.15, 0.2) is 6.10 Å². The Bertz CT molecular complexity index is 1660. The van der Waals surface area contributed by atoms with Gasteiger partial charge in [0.1, 0.15) is 13.2 Å². The van der Waals surface area contributed by atoms with Gasteiger partial charge < -0.3 is 14.2 Å². The summed E-state index contributed by atoms with van der Waals surface area (Å²) in [5.74, 6) is -0.873. The van der Waals surface area contributed by atoms with E-state index in [-0.39, 0.29) is 31.1 Å². The van der Waals surface area contributed by atoms with Gasteiger partial charge in [-0.25, -0.2) is 0 Å². The SMILES string of the molecule is CC/C=C\C/C=C\C/C=C\C/C=C\C/C=C\CCCCCCCCCCCCCCCCCCCCCC(=O)OCC(COC(=O)CCCCCCCCCCC)OC(=O)CCCCCCCCCC/C=C\C/C=C\C/C=C\C/C=C\CC. The first-order valence-corrected chi connectivity index (χ1v) is 35.4. The number of rotatable bonds is 64. The first-order valence-electron chi connectivity index (χ1n) is 35.4. The van der Waals surface area contributed by atoms with E-state index in [2.05, 4.69) is 130 Å². The highest BCUT2D eigenvalue weighted by atomic mass is 16.6. The molecule has 0 aromatic rings. The van der Waals surface area contributed by atoms with Crippen LogP contribution in [0.15, 0.2) is 109 Å². The molecule has 0 spiro atoms. The van der Waals surface area contributed by atoms with Crippen molar-refractivity contribution in [3.63, 3.8) is 0 Å². The summed E-state index contributed by atoms with van der Waals surface area (Å²) in [5.41, 5.74) is 0. The fraction of sp³-hybridized carbons (Fsp3) is 0.727. The first kappa shape index (κ1) is 79.1. The summed E-state index contributed by atoms with van der Waals surface area (Å²) in [6.45, 7) is 6.42. The third-order valence-corrected chi connectivity index (χ3v) is 15.3. The Hall–Kier alpha value is -3.93. The number of ether oxygens (including phenoxy) is 3. The van der Waals surface area contributed by atoms with Crippen LogP contribution >= 0.6 is 0 Å². The summed E-state index contributed by atoms with van der Waals surface area (Å²) in [6.07, 6.45) is 97.1. The van der Waals surface area contributed by atoms with E-state index in [1.165, 1.54) is 180 Å². The molecule has 0 aromatic carbocycles. The van der Waals surface area contributed by atoms with E-state index < -0.39 is 6.10 Å². The lowest BCUT2D eigenvalue weighted by Crippen LogP contribution is -2.30. The van der Waals surface area contributed by atoms with Crippen LogP contribution in [0, 0.1) is 0 Å². The molecule has 1 atom stereocenters. The maximum absolute atomic E-state index is 12.9. The summed E-state index contributed by atoms with van der Waals surface area (Å²) in [5, 5.41) is 0. The second-order valence-corrected chi connectivity index (χ2v) is 23.4. The Morgan fingerprint density at radius 2 is 0.470 bits per heavy atom. The maximum atomic E-state index is 12.9. The third kappa shape index (κ3) is 68.7. The molecule has 6 nitrogen and oxygen atoms in total. The minimum atomic E-state index is -0.780. The fourth-order valence-electron chi connectivity index (χ4n) is 10.1. The molecule has 0 aromatic heterocycles. The zero-order chi connectivity index (χ0) is 59.9. The molecule has 0 radical (unpaired) electrons. The van der Waals surface area contributed by atoms with Gasteiger partial charge in [0.2, 0.25) is 0 Å². The lowest BCUT2D eigenvalue weighted by Gasteiger charge is -2.18. The average Bonchev–Trinajstić information content (AvgIpc) is 3.49. The Balaban J connectivity index is 4.08. The molecule has 0 rings (SSSR count). The third-order valence-electron chi connectivity index (χ3n) is 15.3. The molecular weight excluding hydrogens is 1020 g/mol. The van der Waals surface area contributed by atoms with Crippen molar-refractivity contribution in [1.29, 1.82) is 0 Å². The van der Waals surface area contributed by atoms with E-state index in [0.717, 1.165) is 122 Å². The van der Waals surface area contributed by atoms with Gasteiger partial charge in [0, 0.05) is 19.3 Å². The molecule has 0 aliphatic carbocycles. The number of carbonyl (C=O) groups is 3. The lowest BCUT2D eigenvalue weighted by molar-refractivity contribution is -0.167. The van der Waals surface area contributed by atoms with Crippen LogP contribution in [0.3, 0.4) is 0 Å². The maximum Gasteiger partial charge on any atom is 0.306 e. The van der Waals surface area contributed by atoms with Crippen LogP contribution in [0.25, 0.3) is 0 Å². The quantitative estimate of drug-likeness (QED) is 0.0261. The van der Waals surface area contributed by atoms with Crippen molar-refractivity contribution in [3.8, 4) is 0 Å². The molecule has 6 heteroatoms. The predicted octanol–water partition coefficient (Wildman–Crippen LogP) is 24.6. The van der Waals surface area contributed by atoms with E-state index in [0.29, 0.717) is 19.3 Å². The van der Waals surface area contributed by atoms with Gasteiger partial charge in [0.05, 0.1) is 0 Å². The van der Waals surface area contributed by atoms with E-state index in [1.54, 1.807) is 0 Å². The highest BCUT2D eigenvalue weighted by Crippen LogP contribution is 2.17. The van der Waals surface area contributed by atoms with Crippen molar-refractivity contribution in [2.75, 3.05) is 13.2 Å². The standard InChI is InChI=1S/C77H132O6/c1-4-7-10-13-16-19-21-23-25-27-29-31-32-33-34-35-36-37-38-39-40-41-42-43-44-46-47-49-51-53-55-58-61-64-67-70-76(79)82-73-74(72-81-75(78)69-66-63-60-57-18-15-12-9-6-3)83-77(80)71-68-65-62-59-56-54-52-50-48-45-30-28-26-24-22-20-17-14-11-8-5-2/h7-8,10-11,16-17,19-20,23-26,29-31,33-34,45,74H,4-6,9,12-15,18,21-22,27-28,32,35-44,46-73H2,1-3H3/b10-7-,11-8-,19-16-,20-17-,25-23-,26-24-,31-29-,34-33-,45-30-. The minimum Gasteiger partial charge on any atom is -0.462 e. The van der Waals surface area contributed by atoms with Gasteiger partial charge in [-0.2, -0.15) is 0 Å². The highest BCUT2D eigenvalue weighted by Gasteiger charge is 2.19. The Labute approximate surface area is 514 Å². The first-order chi connectivity index (χ1) is 41.0. The highest BCUT2D eigenvalue weighted by molar-refractivity contribution is 5.71. The van der Waals surface area contributed by atoms with Crippen LogP contribution in [0.5, 0.6) is 0 Å². The summed E-state index contributed by atoms with van der Waals surface area (Å²) in [6, 6.07) is 0. The molecule has 0 fully saturated rings. The van der Waals surface area contributed by atoms with Crippen molar-refractivity contribution < 1.29 is 28.6 Å². The van der Waals surface area contributed by atoms with Crippen molar-refractivity contribution in [2.24, 2.45) is 0 Å². The Morgan fingerprint density at radius 3 is 0.735 bits per heavy atom. The van der Waals surface area contributed by atoms with Gasteiger partial charge in [-0.15, -0.1) is 0 Å². The van der Waals surface area contributed by atoms with Crippen LogP contribution < -0.4 is 0 Å². The molecule has 83 heavy (non-hydrogen) atoms. The van der Waals surface area contributed by atoms with Crippen LogP contribution in [-0.4, -0.2) is 37.2 Å². The van der Waals surface area contributed by atoms with Gasteiger partial charge in [-0.1, -0.05) is 329 Å². The van der Waals surface area contributed by atoms with E-state index in [4.69, 9.17) is 14.2 Å². The molecule has 0 aliphatic rings. The average molecular weight is 1150 g/mol. The number of unbranched alkanes of at least 4 members (excludes halogenated alkanes) is 35. The van der Waals surface area contributed by atoms with E-state index in [1.807, 2.05) is 0 Å².